The predicted molar refractivity (Wildman–Crippen MR) is 69.5 cm³/mol. The van der Waals surface area contributed by atoms with Gasteiger partial charge in [-0.3, -0.25) is 0 Å². The molecule has 1 fully saturated rings. The number of methoxy groups -OCH3 is 2. The zero-order chi connectivity index (χ0) is 12.3. The molecule has 0 aromatic heterocycles. The maximum atomic E-state index is 5.83. The fourth-order valence-electron chi connectivity index (χ4n) is 2.41. The van der Waals surface area contributed by atoms with E-state index in [0.717, 1.165) is 24.3 Å². The minimum atomic E-state index is 0.294. The highest BCUT2D eigenvalue weighted by atomic mass is 16.5. The first kappa shape index (κ1) is 12.0. The van der Waals surface area contributed by atoms with Crippen LogP contribution in [0, 0.1) is 0 Å². The lowest BCUT2D eigenvalue weighted by Crippen LogP contribution is -2.29. The molecule has 94 valence electrons. The molecule has 0 bridgehead atoms. The fraction of sp³-hybridized carbons (Fsp3) is 0.538. The van der Waals surface area contributed by atoms with E-state index < -0.39 is 0 Å². The molecule has 0 radical (unpaired) electrons. The Hall–Kier alpha value is -1.42. The minimum absolute atomic E-state index is 0.294. The molecule has 4 nitrogen and oxygen atoms in total. The van der Waals surface area contributed by atoms with Gasteiger partial charge in [-0.15, -0.1) is 0 Å². The molecule has 0 amide bonds. The van der Waals surface area contributed by atoms with Crippen LogP contribution in [-0.2, 0) is 4.74 Å². The minimum Gasteiger partial charge on any atom is -0.497 e. The summed E-state index contributed by atoms with van der Waals surface area (Å²) in [4.78, 5) is 0. The van der Waals surface area contributed by atoms with Crippen molar-refractivity contribution in [3.05, 3.63) is 18.2 Å². The van der Waals surface area contributed by atoms with Crippen molar-refractivity contribution in [3.8, 4) is 5.75 Å². The molecule has 0 heterocycles. The topological polar surface area (TPSA) is 56.5 Å². The molecule has 0 saturated heterocycles. The van der Waals surface area contributed by atoms with Crippen LogP contribution in [0.3, 0.4) is 0 Å². The Kier molecular flexibility index (Phi) is 3.74. The second kappa shape index (κ2) is 5.27. The summed E-state index contributed by atoms with van der Waals surface area (Å²) in [6.45, 7) is 0. The second-order valence-electron chi connectivity index (χ2n) is 4.45. The Morgan fingerprint density at radius 2 is 2.06 bits per heavy atom. The van der Waals surface area contributed by atoms with E-state index in [1.165, 1.54) is 6.42 Å². The number of ether oxygens (including phenoxy) is 2. The van der Waals surface area contributed by atoms with Gasteiger partial charge in [0.05, 0.1) is 19.3 Å². The Labute approximate surface area is 102 Å². The van der Waals surface area contributed by atoms with Gasteiger partial charge in [-0.2, -0.15) is 0 Å². The van der Waals surface area contributed by atoms with Crippen molar-refractivity contribution < 1.29 is 9.47 Å². The van der Waals surface area contributed by atoms with E-state index in [4.69, 9.17) is 15.2 Å². The average molecular weight is 236 g/mol. The summed E-state index contributed by atoms with van der Waals surface area (Å²) >= 11 is 0. The Morgan fingerprint density at radius 3 is 2.76 bits per heavy atom. The number of benzene rings is 1. The smallest absolute Gasteiger partial charge is 0.122 e. The van der Waals surface area contributed by atoms with Gasteiger partial charge in [-0.1, -0.05) is 0 Å². The van der Waals surface area contributed by atoms with Gasteiger partial charge >= 0.3 is 0 Å². The van der Waals surface area contributed by atoms with Gasteiger partial charge in [-0.05, 0) is 25.3 Å². The van der Waals surface area contributed by atoms with E-state index >= 15 is 0 Å². The van der Waals surface area contributed by atoms with Crippen molar-refractivity contribution in [3.63, 3.8) is 0 Å². The number of nitrogen functional groups attached to an aromatic ring is 1. The molecule has 2 unspecified atom stereocenters. The lowest BCUT2D eigenvalue weighted by Gasteiger charge is -2.21. The molecular weight excluding hydrogens is 216 g/mol. The average Bonchev–Trinajstić information content (AvgIpc) is 2.75. The van der Waals surface area contributed by atoms with Crippen LogP contribution in [0.15, 0.2) is 18.2 Å². The van der Waals surface area contributed by atoms with Crippen molar-refractivity contribution in [2.45, 2.75) is 31.4 Å². The maximum absolute atomic E-state index is 5.83. The van der Waals surface area contributed by atoms with Crippen LogP contribution in [0.2, 0.25) is 0 Å². The van der Waals surface area contributed by atoms with Gasteiger partial charge in [0.2, 0.25) is 0 Å². The summed E-state index contributed by atoms with van der Waals surface area (Å²) in [6, 6.07) is 6.06. The van der Waals surface area contributed by atoms with Gasteiger partial charge in [0, 0.05) is 30.6 Å². The molecule has 1 aromatic rings. The molecule has 0 spiro atoms. The quantitative estimate of drug-likeness (QED) is 0.787. The highest BCUT2D eigenvalue weighted by molar-refractivity contribution is 5.59. The van der Waals surface area contributed by atoms with Crippen molar-refractivity contribution in [1.82, 2.24) is 0 Å². The number of rotatable bonds is 4. The number of hydrogen-bond donors (Lipinski definition) is 2. The number of anilines is 2. The fourth-order valence-corrected chi connectivity index (χ4v) is 2.41. The van der Waals surface area contributed by atoms with Crippen LogP contribution in [0.25, 0.3) is 0 Å². The van der Waals surface area contributed by atoms with Crippen LogP contribution in [0.5, 0.6) is 5.75 Å². The summed E-state index contributed by atoms with van der Waals surface area (Å²) < 4.78 is 10.7. The first-order valence-corrected chi connectivity index (χ1v) is 5.97. The maximum Gasteiger partial charge on any atom is 0.122 e. The van der Waals surface area contributed by atoms with E-state index in [0.29, 0.717) is 17.8 Å². The molecule has 4 heteroatoms. The molecule has 0 aliphatic heterocycles. The summed E-state index contributed by atoms with van der Waals surface area (Å²) in [5.74, 6) is 0.777. The third-order valence-electron chi connectivity index (χ3n) is 3.27. The first-order valence-electron chi connectivity index (χ1n) is 5.97. The third-order valence-corrected chi connectivity index (χ3v) is 3.27. The first-order chi connectivity index (χ1) is 8.22. The molecule has 1 aliphatic rings. The zero-order valence-electron chi connectivity index (χ0n) is 10.4. The largest absolute Gasteiger partial charge is 0.497 e. The molecule has 1 saturated carbocycles. The summed E-state index contributed by atoms with van der Waals surface area (Å²) in [6.07, 6.45) is 3.75. The van der Waals surface area contributed by atoms with Crippen molar-refractivity contribution >= 4 is 11.4 Å². The third kappa shape index (κ3) is 2.82. The van der Waals surface area contributed by atoms with Crippen LogP contribution < -0.4 is 15.8 Å². The van der Waals surface area contributed by atoms with Crippen LogP contribution in [0.4, 0.5) is 11.4 Å². The van der Waals surface area contributed by atoms with Crippen LogP contribution in [-0.4, -0.2) is 26.4 Å². The molecule has 3 N–H and O–H groups in total. The summed E-state index contributed by atoms with van der Waals surface area (Å²) in [5.41, 5.74) is 7.53. The standard InChI is InChI=1S/C13H20N2O2/c1-16-11-7-9(14)6-10(8-11)15-12-4-3-5-13(12)17-2/h6-8,12-13,15H,3-5,14H2,1-2H3. The highest BCUT2D eigenvalue weighted by Crippen LogP contribution is 2.28. The van der Waals surface area contributed by atoms with Crippen LogP contribution in [0.1, 0.15) is 19.3 Å². The normalized spacial score (nSPS) is 23.6. The molecule has 2 rings (SSSR count). The Bertz CT molecular complexity index is 382. The van der Waals surface area contributed by atoms with E-state index in [9.17, 15) is 0 Å². The summed E-state index contributed by atoms with van der Waals surface area (Å²) in [5, 5.41) is 3.47. The molecular formula is C13H20N2O2. The van der Waals surface area contributed by atoms with Crippen LogP contribution >= 0.6 is 0 Å². The van der Waals surface area contributed by atoms with Gasteiger partial charge in [0.15, 0.2) is 0 Å². The lowest BCUT2D eigenvalue weighted by molar-refractivity contribution is 0.101. The van der Waals surface area contributed by atoms with Gasteiger partial charge in [0.25, 0.3) is 0 Å². The second-order valence-corrected chi connectivity index (χ2v) is 4.45. The number of nitrogens with two attached hydrogens (primary N) is 1. The van der Waals surface area contributed by atoms with Gasteiger partial charge < -0.3 is 20.5 Å². The van der Waals surface area contributed by atoms with E-state index in [1.807, 2.05) is 18.2 Å². The van der Waals surface area contributed by atoms with Gasteiger partial charge in [-0.25, -0.2) is 0 Å². The van der Waals surface area contributed by atoms with Crippen molar-refractivity contribution in [2.24, 2.45) is 0 Å². The van der Waals surface area contributed by atoms with Crippen molar-refractivity contribution in [1.29, 1.82) is 0 Å². The van der Waals surface area contributed by atoms with Gasteiger partial charge in [0.1, 0.15) is 5.75 Å². The van der Waals surface area contributed by atoms with E-state index in [1.54, 1.807) is 14.2 Å². The van der Waals surface area contributed by atoms with Crippen molar-refractivity contribution in [2.75, 3.05) is 25.3 Å². The van der Waals surface area contributed by atoms with E-state index in [-0.39, 0.29) is 0 Å². The monoisotopic (exact) mass is 236 g/mol. The highest BCUT2D eigenvalue weighted by Gasteiger charge is 2.26. The summed E-state index contributed by atoms with van der Waals surface area (Å²) in [7, 11) is 3.41. The molecule has 17 heavy (non-hydrogen) atoms. The molecule has 1 aliphatic carbocycles. The SMILES string of the molecule is COc1cc(N)cc(NC2CCCC2OC)c1. The Balaban J connectivity index is 2.09. The number of nitrogens with one attached hydrogen (secondary N) is 1. The molecule has 1 aromatic carbocycles. The molecule has 2 atom stereocenters. The lowest BCUT2D eigenvalue weighted by atomic mass is 10.2. The number of hydrogen-bond acceptors (Lipinski definition) is 4. The van der Waals surface area contributed by atoms with E-state index in [2.05, 4.69) is 5.32 Å². The zero-order valence-corrected chi connectivity index (χ0v) is 10.4. The predicted octanol–water partition coefficient (Wildman–Crippen LogP) is 2.26. The Morgan fingerprint density at radius 1 is 1.24 bits per heavy atom.